The van der Waals surface area contributed by atoms with Gasteiger partial charge < -0.3 is 10.1 Å². The van der Waals surface area contributed by atoms with Crippen LogP contribution in [0.25, 0.3) is 0 Å². The summed E-state index contributed by atoms with van der Waals surface area (Å²) >= 11 is 0. The quantitative estimate of drug-likeness (QED) is 0.879. The summed E-state index contributed by atoms with van der Waals surface area (Å²) in [5, 5.41) is 3.68. The van der Waals surface area contributed by atoms with Crippen molar-refractivity contribution < 1.29 is 4.74 Å². The number of benzene rings is 2. The molecule has 0 radical (unpaired) electrons. The molecule has 0 atom stereocenters. The number of hydrogen-bond acceptors (Lipinski definition) is 2. The third kappa shape index (κ3) is 3.05. The maximum Gasteiger partial charge on any atom is 0.119 e. The molecule has 2 nitrogen and oxygen atoms in total. The van der Waals surface area contributed by atoms with Gasteiger partial charge in [0.25, 0.3) is 0 Å². The zero-order valence-electron chi connectivity index (χ0n) is 13.0. The number of anilines is 1. The second kappa shape index (κ2) is 5.80. The lowest BCUT2D eigenvalue weighted by atomic mass is 9.75. The lowest BCUT2D eigenvalue weighted by Gasteiger charge is -2.37. The molecule has 0 bridgehead atoms. The van der Waals surface area contributed by atoms with E-state index in [4.69, 9.17) is 4.74 Å². The molecule has 0 spiro atoms. The van der Waals surface area contributed by atoms with Crippen molar-refractivity contribution in [3.63, 3.8) is 0 Å². The van der Waals surface area contributed by atoms with E-state index in [1.165, 1.54) is 35.2 Å². The van der Waals surface area contributed by atoms with Crippen molar-refractivity contribution in [1.82, 2.24) is 0 Å². The van der Waals surface area contributed by atoms with Crippen molar-refractivity contribution in [3.05, 3.63) is 59.2 Å². The Bertz CT molecular complexity index is 629. The number of methoxy groups -OCH3 is 1. The molecule has 1 aliphatic rings. The van der Waals surface area contributed by atoms with Crippen molar-refractivity contribution in [1.29, 1.82) is 0 Å². The molecule has 0 saturated heterocycles. The highest BCUT2D eigenvalue weighted by Gasteiger charge is 2.30. The molecular weight excluding hydrogens is 258 g/mol. The van der Waals surface area contributed by atoms with Gasteiger partial charge in [-0.2, -0.15) is 0 Å². The van der Waals surface area contributed by atoms with Gasteiger partial charge in [-0.05, 0) is 67.5 Å². The van der Waals surface area contributed by atoms with Crippen molar-refractivity contribution in [2.75, 3.05) is 12.4 Å². The van der Waals surface area contributed by atoms with Crippen molar-refractivity contribution in [2.45, 2.75) is 38.6 Å². The van der Waals surface area contributed by atoms with Crippen molar-refractivity contribution >= 4 is 5.69 Å². The SMILES string of the molecule is COc1cccc(C2CC(Nc3cc(C)ccc3C)C2)c1. The maximum absolute atomic E-state index is 5.31. The van der Waals surface area contributed by atoms with E-state index in [9.17, 15) is 0 Å². The van der Waals surface area contributed by atoms with Crippen LogP contribution in [-0.2, 0) is 0 Å². The fraction of sp³-hybridized carbons (Fsp3) is 0.368. The van der Waals surface area contributed by atoms with Crippen LogP contribution in [0.1, 0.15) is 35.4 Å². The second-order valence-corrected chi connectivity index (χ2v) is 6.10. The number of ether oxygens (including phenoxy) is 1. The summed E-state index contributed by atoms with van der Waals surface area (Å²) in [6.45, 7) is 4.31. The first kappa shape index (κ1) is 14.0. The van der Waals surface area contributed by atoms with E-state index < -0.39 is 0 Å². The standard InChI is InChI=1S/C19H23NO/c1-13-7-8-14(2)19(9-13)20-17-10-16(11-17)15-5-4-6-18(12-15)21-3/h4-9,12,16-17,20H,10-11H2,1-3H3. The van der Waals surface area contributed by atoms with E-state index in [0.717, 1.165) is 5.75 Å². The summed E-state index contributed by atoms with van der Waals surface area (Å²) < 4.78 is 5.31. The summed E-state index contributed by atoms with van der Waals surface area (Å²) in [5.41, 5.74) is 5.31. The van der Waals surface area contributed by atoms with Crippen LogP contribution in [-0.4, -0.2) is 13.2 Å². The molecule has 2 heteroatoms. The maximum atomic E-state index is 5.31. The zero-order valence-corrected chi connectivity index (χ0v) is 13.0. The molecule has 110 valence electrons. The average molecular weight is 281 g/mol. The zero-order chi connectivity index (χ0) is 14.8. The first-order chi connectivity index (χ1) is 10.2. The first-order valence-electron chi connectivity index (χ1n) is 7.63. The predicted molar refractivity (Wildman–Crippen MR) is 88.3 cm³/mol. The van der Waals surface area contributed by atoms with E-state index in [-0.39, 0.29) is 0 Å². The van der Waals surface area contributed by atoms with Gasteiger partial charge >= 0.3 is 0 Å². The average Bonchev–Trinajstić information content (AvgIpc) is 2.46. The van der Waals surface area contributed by atoms with E-state index in [1.54, 1.807) is 7.11 Å². The number of rotatable bonds is 4. The summed E-state index contributed by atoms with van der Waals surface area (Å²) in [6.07, 6.45) is 2.39. The molecule has 0 heterocycles. The molecule has 0 aliphatic heterocycles. The van der Waals surface area contributed by atoms with E-state index in [1.807, 2.05) is 6.07 Å². The minimum Gasteiger partial charge on any atom is -0.497 e. The predicted octanol–water partition coefficient (Wildman–Crippen LogP) is 4.67. The molecule has 2 aromatic carbocycles. The Morgan fingerprint density at radius 2 is 1.86 bits per heavy atom. The van der Waals surface area contributed by atoms with Crippen LogP contribution in [0.5, 0.6) is 5.75 Å². The van der Waals surface area contributed by atoms with E-state index >= 15 is 0 Å². The molecule has 1 N–H and O–H groups in total. The molecule has 3 rings (SSSR count). The van der Waals surface area contributed by atoms with Gasteiger partial charge in [-0.25, -0.2) is 0 Å². The highest BCUT2D eigenvalue weighted by atomic mass is 16.5. The Kier molecular flexibility index (Phi) is 3.87. The third-order valence-corrected chi connectivity index (χ3v) is 4.46. The van der Waals surface area contributed by atoms with Crippen molar-refractivity contribution in [2.24, 2.45) is 0 Å². The Balaban J connectivity index is 1.61. The van der Waals surface area contributed by atoms with Crippen LogP contribution in [0, 0.1) is 13.8 Å². The summed E-state index contributed by atoms with van der Waals surface area (Å²) in [5.74, 6) is 1.61. The Hall–Kier alpha value is -1.96. The molecule has 2 aromatic rings. The lowest BCUT2D eigenvalue weighted by molar-refractivity contribution is 0.370. The largest absolute Gasteiger partial charge is 0.497 e. The number of aryl methyl sites for hydroxylation is 2. The summed E-state index contributed by atoms with van der Waals surface area (Å²) in [6, 6.07) is 15.7. The Morgan fingerprint density at radius 3 is 2.62 bits per heavy atom. The molecule has 1 saturated carbocycles. The van der Waals surface area contributed by atoms with Gasteiger partial charge in [0.1, 0.15) is 5.75 Å². The Morgan fingerprint density at radius 1 is 1.05 bits per heavy atom. The van der Waals surface area contributed by atoms with Crippen LogP contribution >= 0.6 is 0 Å². The third-order valence-electron chi connectivity index (χ3n) is 4.46. The number of nitrogens with one attached hydrogen (secondary N) is 1. The first-order valence-corrected chi connectivity index (χ1v) is 7.63. The molecule has 1 aliphatic carbocycles. The van der Waals surface area contributed by atoms with E-state index in [2.05, 4.69) is 55.6 Å². The number of hydrogen-bond donors (Lipinski definition) is 1. The van der Waals surface area contributed by atoms with Gasteiger partial charge in [-0.3, -0.25) is 0 Å². The minimum atomic E-state index is 0.585. The topological polar surface area (TPSA) is 21.3 Å². The van der Waals surface area contributed by atoms with Gasteiger partial charge in [-0.15, -0.1) is 0 Å². The van der Waals surface area contributed by atoms with E-state index in [0.29, 0.717) is 12.0 Å². The fourth-order valence-electron chi connectivity index (χ4n) is 3.01. The van der Waals surface area contributed by atoms with Crippen molar-refractivity contribution in [3.8, 4) is 5.75 Å². The van der Waals surface area contributed by atoms with Gasteiger partial charge in [0.2, 0.25) is 0 Å². The highest BCUT2D eigenvalue weighted by molar-refractivity contribution is 5.53. The lowest BCUT2D eigenvalue weighted by Crippen LogP contribution is -2.34. The van der Waals surface area contributed by atoms with Crippen LogP contribution in [0.3, 0.4) is 0 Å². The molecule has 0 unspecified atom stereocenters. The van der Waals surface area contributed by atoms with Crippen LogP contribution in [0.2, 0.25) is 0 Å². The Labute approximate surface area is 127 Å². The second-order valence-electron chi connectivity index (χ2n) is 6.10. The van der Waals surface area contributed by atoms with Gasteiger partial charge in [0, 0.05) is 11.7 Å². The van der Waals surface area contributed by atoms with Crippen LogP contribution in [0.15, 0.2) is 42.5 Å². The smallest absolute Gasteiger partial charge is 0.119 e. The minimum absolute atomic E-state index is 0.585. The molecular formula is C19H23NO. The van der Waals surface area contributed by atoms with Crippen LogP contribution in [0.4, 0.5) is 5.69 Å². The summed E-state index contributed by atoms with van der Waals surface area (Å²) in [7, 11) is 1.73. The fourth-order valence-corrected chi connectivity index (χ4v) is 3.01. The molecule has 0 amide bonds. The normalized spacial score (nSPS) is 20.7. The molecule has 1 fully saturated rings. The molecule has 21 heavy (non-hydrogen) atoms. The van der Waals surface area contributed by atoms with Gasteiger partial charge in [-0.1, -0.05) is 24.3 Å². The van der Waals surface area contributed by atoms with Gasteiger partial charge in [0.05, 0.1) is 7.11 Å². The monoisotopic (exact) mass is 281 g/mol. The highest BCUT2D eigenvalue weighted by Crippen LogP contribution is 2.39. The summed E-state index contributed by atoms with van der Waals surface area (Å²) in [4.78, 5) is 0. The van der Waals surface area contributed by atoms with Gasteiger partial charge in [0.15, 0.2) is 0 Å². The van der Waals surface area contributed by atoms with Crippen LogP contribution < -0.4 is 10.1 Å². The molecule has 0 aromatic heterocycles.